The van der Waals surface area contributed by atoms with Crippen molar-refractivity contribution in [1.82, 2.24) is 9.80 Å². The molecule has 0 saturated heterocycles. The van der Waals surface area contributed by atoms with Crippen LogP contribution < -0.4 is 11.5 Å². The van der Waals surface area contributed by atoms with E-state index in [1.54, 1.807) is 0 Å². The van der Waals surface area contributed by atoms with Crippen molar-refractivity contribution in [3.8, 4) is 0 Å². The Kier molecular flexibility index (Phi) is 6.27. The van der Waals surface area contributed by atoms with Gasteiger partial charge >= 0.3 is 0 Å². The fourth-order valence-electron chi connectivity index (χ4n) is 1.24. The van der Waals surface area contributed by atoms with Gasteiger partial charge in [0.05, 0.1) is 0 Å². The Morgan fingerprint density at radius 3 is 1.93 bits per heavy atom. The van der Waals surface area contributed by atoms with Crippen LogP contribution in [0.2, 0.25) is 0 Å². The summed E-state index contributed by atoms with van der Waals surface area (Å²) in [6.45, 7) is 1.14. The molecule has 4 heteroatoms. The molecule has 0 rings (SSSR count). The summed E-state index contributed by atoms with van der Waals surface area (Å²) in [6.07, 6.45) is 4.37. The van der Waals surface area contributed by atoms with Crippen LogP contribution in [0.1, 0.15) is 25.7 Å². The highest BCUT2D eigenvalue weighted by molar-refractivity contribution is 4.72. The first-order valence-corrected chi connectivity index (χ1v) is 5.26. The molecule has 0 radical (unpaired) electrons. The van der Waals surface area contributed by atoms with Crippen molar-refractivity contribution in [2.24, 2.45) is 11.5 Å². The summed E-state index contributed by atoms with van der Waals surface area (Å²) in [5.74, 6) is -0.641. The van der Waals surface area contributed by atoms with Crippen molar-refractivity contribution in [3.63, 3.8) is 0 Å². The van der Waals surface area contributed by atoms with E-state index < -0.39 is 5.79 Å². The molecule has 0 heterocycles. The Labute approximate surface area is 88.2 Å². The van der Waals surface area contributed by atoms with Gasteiger partial charge in [-0.15, -0.1) is 0 Å². The summed E-state index contributed by atoms with van der Waals surface area (Å²) < 4.78 is 0. The van der Waals surface area contributed by atoms with Crippen molar-refractivity contribution in [1.29, 1.82) is 0 Å². The minimum atomic E-state index is -0.641. The maximum atomic E-state index is 5.89. The molecule has 86 valence electrons. The Morgan fingerprint density at radius 2 is 1.50 bits per heavy atom. The van der Waals surface area contributed by atoms with E-state index in [0.717, 1.165) is 19.4 Å². The van der Waals surface area contributed by atoms with Crippen LogP contribution in [0.5, 0.6) is 0 Å². The summed E-state index contributed by atoms with van der Waals surface area (Å²) in [6, 6.07) is 0. The molecule has 0 aromatic rings. The zero-order valence-corrected chi connectivity index (χ0v) is 10.1. The average Bonchev–Trinajstić information content (AvgIpc) is 2.02. The highest BCUT2D eigenvalue weighted by Gasteiger charge is 2.20. The van der Waals surface area contributed by atoms with Crippen LogP contribution in [0.15, 0.2) is 0 Å². The number of hydrogen-bond acceptors (Lipinski definition) is 4. The molecule has 0 unspecified atom stereocenters. The summed E-state index contributed by atoms with van der Waals surface area (Å²) in [5.41, 5.74) is 11.8. The summed E-state index contributed by atoms with van der Waals surface area (Å²) in [5, 5.41) is 0. The number of nitrogens with two attached hydrogens (primary N) is 2. The highest BCUT2D eigenvalue weighted by atomic mass is 15.3. The van der Waals surface area contributed by atoms with Crippen molar-refractivity contribution in [3.05, 3.63) is 0 Å². The van der Waals surface area contributed by atoms with Crippen LogP contribution in [0.4, 0.5) is 0 Å². The topological polar surface area (TPSA) is 58.5 Å². The lowest BCUT2D eigenvalue weighted by molar-refractivity contribution is 0.148. The molecule has 4 nitrogen and oxygen atoms in total. The lowest BCUT2D eigenvalue weighted by Gasteiger charge is -2.31. The fraction of sp³-hybridized carbons (Fsp3) is 1.00. The van der Waals surface area contributed by atoms with Crippen LogP contribution in [-0.2, 0) is 0 Å². The molecule has 0 amide bonds. The van der Waals surface area contributed by atoms with Gasteiger partial charge in [-0.2, -0.15) is 0 Å². The molecule has 0 fully saturated rings. The molecule has 14 heavy (non-hydrogen) atoms. The molecule has 0 saturated carbocycles. The van der Waals surface area contributed by atoms with E-state index in [1.807, 2.05) is 19.0 Å². The minimum Gasteiger partial charge on any atom is -0.309 e. The smallest absolute Gasteiger partial charge is 0.120 e. The quantitative estimate of drug-likeness (QED) is 0.459. The van der Waals surface area contributed by atoms with Crippen molar-refractivity contribution >= 4 is 0 Å². The number of nitrogens with zero attached hydrogens (tertiary/aromatic N) is 2. The third kappa shape index (κ3) is 6.32. The Hall–Kier alpha value is -0.160. The van der Waals surface area contributed by atoms with E-state index in [4.69, 9.17) is 11.5 Å². The summed E-state index contributed by atoms with van der Waals surface area (Å²) in [4.78, 5) is 4.07. The second kappa shape index (κ2) is 6.35. The second-order valence-corrected chi connectivity index (χ2v) is 4.50. The normalized spacial score (nSPS) is 12.9. The van der Waals surface area contributed by atoms with E-state index in [0.29, 0.717) is 0 Å². The number of hydrogen-bond donors (Lipinski definition) is 2. The molecule has 0 aromatic carbocycles. The second-order valence-electron chi connectivity index (χ2n) is 4.50. The van der Waals surface area contributed by atoms with Gasteiger partial charge in [-0.05, 0) is 54.0 Å². The lowest BCUT2D eigenvalue weighted by atomic mass is 10.1. The molecular weight excluding hydrogens is 176 g/mol. The zero-order chi connectivity index (χ0) is 11.2. The van der Waals surface area contributed by atoms with Crippen LogP contribution in [0, 0.1) is 0 Å². The third-order valence-corrected chi connectivity index (χ3v) is 2.52. The number of rotatable bonds is 7. The average molecular weight is 202 g/mol. The standard InChI is InChI=1S/C10H26N4/c1-13(2)9-7-5-6-8-10(11,12)14(3)4/h5-9,11-12H2,1-4H3. The summed E-state index contributed by atoms with van der Waals surface area (Å²) in [7, 11) is 8.02. The van der Waals surface area contributed by atoms with Gasteiger partial charge in [0, 0.05) is 0 Å². The molecule has 0 atom stereocenters. The fourth-order valence-corrected chi connectivity index (χ4v) is 1.24. The molecule has 0 aliphatic heterocycles. The Bertz CT molecular complexity index is 143. The maximum Gasteiger partial charge on any atom is 0.120 e. The Balaban J connectivity index is 3.45. The molecule has 0 aliphatic carbocycles. The van der Waals surface area contributed by atoms with Crippen LogP contribution in [-0.4, -0.2) is 50.3 Å². The maximum absolute atomic E-state index is 5.89. The summed E-state index contributed by atoms with van der Waals surface area (Å²) >= 11 is 0. The molecule has 0 aromatic heterocycles. The predicted molar refractivity (Wildman–Crippen MR) is 61.8 cm³/mol. The third-order valence-electron chi connectivity index (χ3n) is 2.52. The highest BCUT2D eigenvalue weighted by Crippen LogP contribution is 2.09. The van der Waals surface area contributed by atoms with Gasteiger partial charge in [-0.25, -0.2) is 0 Å². The molecule has 0 bridgehead atoms. The van der Waals surface area contributed by atoms with Crippen LogP contribution in [0.25, 0.3) is 0 Å². The van der Waals surface area contributed by atoms with Gasteiger partial charge in [0.2, 0.25) is 0 Å². The van der Waals surface area contributed by atoms with Crippen molar-refractivity contribution < 1.29 is 0 Å². The lowest BCUT2D eigenvalue weighted by Crippen LogP contribution is -2.60. The predicted octanol–water partition coefficient (Wildman–Crippen LogP) is 0.241. The van der Waals surface area contributed by atoms with Crippen LogP contribution >= 0.6 is 0 Å². The van der Waals surface area contributed by atoms with Gasteiger partial charge in [0.15, 0.2) is 0 Å². The van der Waals surface area contributed by atoms with E-state index in [2.05, 4.69) is 19.0 Å². The monoisotopic (exact) mass is 202 g/mol. The first kappa shape index (κ1) is 13.8. The zero-order valence-electron chi connectivity index (χ0n) is 10.1. The van der Waals surface area contributed by atoms with Gasteiger partial charge < -0.3 is 16.4 Å². The van der Waals surface area contributed by atoms with Gasteiger partial charge in [0.25, 0.3) is 0 Å². The van der Waals surface area contributed by atoms with Crippen molar-refractivity contribution in [2.75, 3.05) is 34.7 Å². The SMILES string of the molecule is CN(C)CCCCCC(N)(N)N(C)C. The first-order valence-electron chi connectivity index (χ1n) is 5.26. The molecule has 0 aliphatic rings. The molecule has 4 N–H and O–H groups in total. The van der Waals surface area contributed by atoms with Crippen molar-refractivity contribution in [2.45, 2.75) is 31.5 Å². The van der Waals surface area contributed by atoms with E-state index in [9.17, 15) is 0 Å². The molecular formula is C10H26N4. The van der Waals surface area contributed by atoms with Gasteiger partial charge in [-0.1, -0.05) is 6.42 Å². The minimum absolute atomic E-state index is 0.641. The largest absolute Gasteiger partial charge is 0.309 e. The molecule has 0 spiro atoms. The van der Waals surface area contributed by atoms with Gasteiger partial charge in [0.1, 0.15) is 5.79 Å². The first-order chi connectivity index (χ1) is 6.36. The van der Waals surface area contributed by atoms with Gasteiger partial charge in [-0.3, -0.25) is 4.90 Å². The van der Waals surface area contributed by atoms with E-state index in [1.165, 1.54) is 12.8 Å². The Morgan fingerprint density at radius 1 is 0.929 bits per heavy atom. The van der Waals surface area contributed by atoms with Crippen LogP contribution in [0.3, 0.4) is 0 Å². The van der Waals surface area contributed by atoms with E-state index in [-0.39, 0.29) is 0 Å². The number of unbranched alkanes of at least 4 members (excludes halogenated alkanes) is 2. The van der Waals surface area contributed by atoms with E-state index >= 15 is 0 Å².